The van der Waals surface area contributed by atoms with Gasteiger partial charge in [0, 0.05) is 45.8 Å². The molecule has 162 valence electrons. The normalized spacial score (nSPS) is 19.2. The molecule has 0 aromatic heterocycles. The predicted octanol–water partition coefficient (Wildman–Crippen LogP) is 0.991. The Morgan fingerprint density at radius 1 is 1.07 bits per heavy atom. The van der Waals surface area contributed by atoms with Crippen LogP contribution in [0.15, 0.2) is 23.1 Å². The van der Waals surface area contributed by atoms with Crippen LogP contribution in [0.25, 0.3) is 0 Å². The highest BCUT2D eigenvalue weighted by Crippen LogP contribution is 2.31. The predicted molar refractivity (Wildman–Crippen MR) is 113 cm³/mol. The molecule has 0 spiro atoms. The summed E-state index contributed by atoms with van der Waals surface area (Å²) in [5.41, 5.74) is 1.35. The van der Waals surface area contributed by atoms with E-state index < -0.39 is 10.0 Å². The number of amides is 2. The van der Waals surface area contributed by atoms with Gasteiger partial charge in [0.2, 0.25) is 10.0 Å². The number of urea groups is 1. The van der Waals surface area contributed by atoms with Gasteiger partial charge in [-0.3, -0.25) is 0 Å². The Morgan fingerprint density at radius 3 is 2.38 bits per heavy atom. The molecule has 2 N–H and O–H groups in total. The minimum absolute atomic E-state index is 0.183. The van der Waals surface area contributed by atoms with E-state index in [0.717, 1.165) is 38.4 Å². The van der Waals surface area contributed by atoms with E-state index in [4.69, 9.17) is 4.74 Å². The maximum Gasteiger partial charge on any atom is 0.319 e. The number of carbonyl (C=O) groups excluding carboxylic acids is 1. The number of sulfonamides is 1. The first kappa shape index (κ1) is 21.8. The van der Waals surface area contributed by atoms with Gasteiger partial charge in [-0.2, -0.15) is 4.31 Å². The van der Waals surface area contributed by atoms with Gasteiger partial charge in [-0.1, -0.05) is 6.92 Å². The van der Waals surface area contributed by atoms with Crippen LogP contribution in [0.5, 0.6) is 0 Å². The maximum atomic E-state index is 13.0. The summed E-state index contributed by atoms with van der Waals surface area (Å²) in [6, 6.07) is 4.66. The van der Waals surface area contributed by atoms with E-state index in [2.05, 4.69) is 27.4 Å². The number of carbonyl (C=O) groups is 1. The summed E-state index contributed by atoms with van der Waals surface area (Å²) in [6.45, 7) is 10.5. The minimum atomic E-state index is -3.64. The summed E-state index contributed by atoms with van der Waals surface area (Å²) in [5.74, 6) is 0. The van der Waals surface area contributed by atoms with E-state index in [1.165, 1.54) is 4.31 Å². The van der Waals surface area contributed by atoms with Crippen LogP contribution in [0.1, 0.15) is 13.8 Å². The molecule has 0 aliphatic carbocycles. The second kappa shape index (κ2) is 9.75. The number of anilines is 2. The summed E-state index contributed by atoms with van der Waals surface area (Å²) < 4.78 is 32.8. The molecule has 9 nitrogen and oxygen atoms in total. The summed E-state index contributed by atoms with van der Waals surface area (Å²) in [7, 11) is -3.64. The van der Waals surface area contributed by atoms with Crippen molar-refractivity contribution >= 4 is 27.4 Å². The van der Waals surface area contributed by atoms with Gasteiger partial charge in [0.05, 0.1) is 29.5 Å². The summed E-state index contributed by atoms with van der Waals surface area (Å²) in [6.07, 6.45) is 0. The van der Waals surface area contributed by atoms with Crippen molar-refractivity contribution in [1.29, 1.82) is 0 Å². The molecule has 3 rings (SSSR count). The van der Waals surface area contributed by atoms with Gasteiger partial charge >= 0.3 is 6.03 Å². The zero-order valence-corrected chi connectivity index (χ0v) is 18.0. The monoisotopic (exact) mass is 425 g/mol. The average Bonchev–Trinajstić information content (AvgIpc) is 2.74. The number of rotatable bonds is 6. The lowest BCUT2D eigenvalue weighted by Crippen LogP contribution is -2.46. The lowest BCUT2D eigenvalue weighted by Gasteiger charge is -2.36. The molecule has 0 unspecified atom stereocenters. The van der Waals surface area contributed by atoms with Crippen molar-refractivity contribution in [2.45, 2.75) is 18.7 Å². The average molecular weight is 426 g/mol. The highest BCUT2D eigenvalue weighted by atomic mass is 32.2. The second-order valence-corrected chi connectivity index (χ2v) is 9.04. The van der Waals surface area contributed by atoms with Crippen molar-refractivity contribution < 1.29 is 17.9 Å². The van der Waals surface area contributed by atoms with Crippen LogP contribution in [0, 0.1) is 0 Å². The lowest BCUT2D eigenvalue weighted by atomic mass is 10.2. The molecule has 1 aromatic carbocycles. The second-order valence-electron chi connectivity index (χ2n) is 7.10. The van der Waals surface area contributed by atoms with Crippen molar-refractivity contribution in [3.63, 3.8) is 0 Å². The third-order valence-corrected chi connectivity index (χ3v) is 7.22. The molecule has 2 saturated heterocycles. The number of hydrogen-bond acceptors (Lipinski definition) is 6. The fourth-order valence-electron chi connectivity index (χ4n) is 3.62. The quantitative estimate of drug-likeness (QED) is 0.706. The van der Waals surface area contributed by atoms with E-state index in [-0.39, 0.29) is 10.9 Å². The number of nitrogens with one attached hydrogen (secondary N) is 2. The van der Waals surface area contributed by atoms with Gasteiger partial charge in [-0.25, -0.2) is 13.2 Å². The number of benzene rings is 1. The van der Waals surface area contributed by atoms with Crippen LogP contribution in [-0.2, 0) is 14.8 Å². The SMILES string of the molecule is CCNC(=O)Nc1cc(S(=O)(=O)N2CCOCC2)ccc1N1CCN(CC)CC1. The van der Waals surface area contributed by atoms with Crippen molar-refractivity contribution in [3.05, 3.63) is 18.2 Å². The lowest BCUT2D eigenvalue weighted by molar-refractivity contribution is 0.0730. The fourth-order valence-corrected chi connectivity index (χ4v) is 5.05. The molecule has 1 aromatic rings. The number of ether oxygens (including phenoxy) is 1. The topological polar surface area (TPSA) is 94.2 Å². The Bertz CT molecular complexity index is 803. The van der Waals surface area contributed by atoms with Crippen LogP contribution >= 0.6 is 0 Å². The Hall–Kier alpha value is -1.88. The molecule has 2 fully saturated rings. The van der Waals surface area contributed by atoms with Gasteiger partial charge in [0.1, 0.15) is 0 Å². The van der Waals surface area contributed by atoms with Crippen molar-refractivity contribution in [2.24, 2.45) is 0 Å². The number of likely N-dealkylation sites (N-methyl/N-ethyl adjacent to an activating group) is 1. The molecule has 2 aliphatic heterocycles. The molecule has 10 heteroatoms. The molecular formula is C19H31N5O4S. The minimum Gasteiger partial charge on any atom is -0.379 e. The molecule has 0 saturated carbocycles. The highest BCUT2D eigenvalue weighted by molar-refractivity contribution is 7.89. The number of hydrogen-bond donors (Lipinski definition) is 2. The zero-order chi connectivity index (χ0) is 20.9. The van der Waals surface area contributed by atoms with Crippen molar-refractivity contribution in [2.75, 3.05) is 75.8 Å². The fraction of sp³-hybridized carbons (Fsp3) is 0.632. The van der Waals surface area contributed by atoms with E-state index in [9.17, 15) is 13.2 Å². The van der Waals surface area contributed by atoms with E-state index in [1.54, 1.807) is 18.2 Å². The van der Waals surface area contributed by atoms with Crippen LogP contribution in [0.2, 0.25) is 0 Å². The van der Waals surface area contributed by atoms with Crippen LogP contribution in [0.4, 0.5) is 16.2 Å². The largest absolute Gasteiger partial charge is 0.379 e. The Labute approximate surface area is 173 Å². The van der Waals surface area contributed by atoms with Gasteiger partial charge in [0.25, 0.3) is 0 Å². The van der Waals surface area contributed by atoms with E-state index in [1.807, 2.05) is 6.92 Å². The van der Waals surface area contributed by atoms with Crippen molar-refractivity contribution in [3.8, 4) is 0 Å². The maximum absolute atomic E-state index is 13.0. The first-order chi connectivity index (χ1) is 14.0. The van der Waals surface area contributed by atoms with Crippen molar-refractivity contribution in [1.82, 2.24) is 14.5 Å². The van der Waals surface area contributed by atoms with Gasteiger partial charge in [-0.15, -0.1) is 0 Å². The Morgan fingerprint density at radius 2 is 1.76 bits per heavy atom. The molecule has 0 radical (unpaired) electrons. The van der Waals surface area contributed by atoms with E-state index >= 15 is 0 Å². The highest BCUT2D eigenvalue weighted by Gasteiger charge is 2.28. The first-order valence-corrected chi connectivity index (χ1v) is 11.6. The Kier molecular flexibility index (Phi) is 7.33. The summed E-state index contributed by atoms with van der Waals surface area (Å²) >= 11 is 0. The molecule has 0 atom stereocenters. The first-order valence-electron chi connectivity index (χ1n) is 10.2. The van der Waals surface area contributed by atoms with Gasteiger partial charge in [-0.05, 0) is 31.7 Å². The molecule has 2 heterocycles. The van der Waals surface area contributed by atoms with Gasteiger partial charge < -0.3 is 25.2 Å². The van der Waals surface area contributed by atoms with Gasteiger partial charge in [0.15, 0.2) is 0 Å². The molecular weight excluding hydrogens is 394 g/mol. The summed E-state index contributed by atoms with van der Waals surface area (Å²) in [5, 5.41) is 5.55. The third-order valence-electron chi connectivity index (χ3n) is 5.32. The standard InChI is InChI=1S/C19H31N5O4S/c1-3-20-19(25)21-17-15-16(29(26,27)24-11-13-28-14-12-24)5-6-18(17)23-9-7-22(4-2)8-10-23/h5-6,15H,3-4,7-14H2,1-2H3,(H2,20,21,25). The third kappa shape index (κ3) is 5.19. The smallest absolute Gasteiger partial charge is 0.319 e. The Balaban J connectivity index is 1.89. The molecule has 2 aliphatic rings. The molecule has 29 heavy (non-hydrogen) atoms. The van der Waals surface area contributed by atoms with Crippen LogP contribution in [0.3, 0.4) is 0 Å². The summed E-state index contributed by atoms with van der Waals surface area (Å²) in [4.78, 5) is 16.9. The number of nitrogens with zero attached hydrogens (tertiary/aromatic N) is 3. The van der Waals surface area contributed by atoms with Crippen LogP contribution in [-0.4, -0.2) is 89.2 Å². The number of piperazine rings is 1. The molecule has 0 bridgehead atoms. The van der Waals surface area contributed by atoms with E-state index in [0.29, 0.717) is 38.5 Å². The number of morpholine rings is 1. The zero-order valence-electron chi connectivity index (χ0n) is 17.2. The van der Waals surface area contributed by atoms with Crippen LogP contribution < -0.4 is 15.5 Å². The molecule has 2 amide bonds.